The Labute approximate surface area is 154 Å². The van der Waals surface area contributed by atoms with Crippen LogP contribution >= 0.6 is 0 Å². The molecule has 0 saturated carbocycles. The zero-order valence-corrected chi connectivity index (χ0v) is 15.1. The number of alkyl halides is 3. The lowest BCUT2D eigenvalue weighted by atomic mass is 9.87. The maximum absolute atomic E-state index is 14.0. The molecule has 0 aliphatic carbocycles. The summed E-state index contributed by atoms with van der Waals surface area (Å²) in [6, 6.07) is 6.78. The first-order valence-electron chi connectivity index (χ1n) is 8.91. The van der Waals surface area contributed by atoms with Gasteiger partial charge in [-0.3, -0.25) is 0 Å². The summed E-state index contributed by atoms with van der Waals surface area (Å²) in [6.07, 6.45) is -7.21. The van der Waals surface area contributed by atoms with Gasteiger partial charge < -0.3 is 18.9 Å². The minimum Gasteiger partial charge on any atom is -0.454 e. The molecular formula is C19H21F3O5. The Balaban J connectivity index is 1.66. The summed E-state index contributed by atoms with van der Waals surface area (Å²) in [6.45, 7) is 3.88. The summed E-state index contributed by atoms with van der Waals surface area (Å²) in [4.78, 5) is 12.9. The molecule has 4 fully saturated rings. The Bertz CT molecular complexity index is 720. The van der Waals surface area contributed by atoms with E-state index in [4.69, 9.17) is 18.9 Å². The largest absolute Gasteiger partial charge is 0.454 e. The van der Waals surface area contributed by atoms with E-state index in [1.807, 2.05) is 13.8 Å². The van der Waals surface area contributed by atoms with E-state index >= 15 is 0 Å². The van der Waals surface area contributed by atoms with E-state index in [9.17, 15) is 18.0 Å². The zero-order chi connectivity index (χ0) is 19.6. The first-order chi connectivity index (χ1) is 12.7. The summed E-state index contributed by atoms with van der Waals surface area (Å²) >= 11 is 0. The van der Waals surface area contributed by atoms with Crippen molar-refractivity contribution in [2.75, 3.05) is 7.11 Å². The number of hydrogen-bond donors (Lipinski definition) is 0. The van der Waals surface area contributed by atoms with Crippen LogP contribution in [0.1, 0.15) is 19.4 Å². The highest BCUT2D eigenvalue weighted by molar-refractivity contribution is 5.83. The van der Waals surface area contributed by atoms with Crippen LogP contribution in [0.15, 0.2) is 30.3 Å². The average molecular weight is 386 g/mol. The van der Waals surface area contributed by atoms with Gasteiger partial charge in [0.15, 0.2) is 6.10 Å². The molecule has 148 valence electrons. The lowest BCUT2D eigenvalue weighted by Crippen LogP contribution is -2.56. The fourth-order valence-corrected chi connectivity index (χ4v) is 4.72. The molecule has 1 unspecified atom stereocenters. The second kappa shape index (κ2) is 6.18. The minimum atomic E-state index is -5.00. The van der Waals surface area contributed by atoms with Gasteiger partial charge in [-0.1, -0.05) is 44.2 Å². The maximum atomic E-state index is 14.0. The number of carbonyl (C=O) groups is 1. The van der Waals surface area contributed by atoms with Crippen molar-refractivity contribution in [1.82, 2.24) is 0 Å². The summed E-state index contributed by atoms with van der Waals surface area (Å²) in [5.74, 6) is -1.47. The standard InChI is InChI=1S/C19H21F3O5/c1-9-12-10(2)14-16(15(25-12)13(9)26-14)27-17(23)18(24-3,19(20,21)22)11-7-5-4-6-8-11/h4-10,12-16H,1-3H3/t9-,10+,12+,13+,14-,15-,16-,18?/m0/s1. The van der Waals surface area contributed by atoms with Crippen LogP contribution in [0.3, 0.4) is 0 Å². The van der Waals surface area contributed by atoms with Crippen molar-refractivity contribution >= 4 is 5.97 Å². The Morgan fingerprint density at radius 3 is 2.15 bits per heavy atom. The van der Waals surface area contributed by atoms with Crippen molar-refractivity contribution in [1.29, 1.82) is 0 Å². The SMILES string of the molecule is COC(C(=O)O[C@@H]1[C@H]2O[C@H]3[C@@H](C)[C@@H]1O[C@@H]2[C@H]3C)(c1ccccc1)C(F)(F)F. The van der Waals surface area contributed by atoms with Crippen LogP contribution < -0.4 is 0 Å². The maximum Gasteiger partial charge on any atom is 0.432 e. The van der Waals surface area contributed by atoms with Crippen molar-refractivity contribution in [3.8, 4) is 0 Å². The van der Waals surface area contributed by atoms with Gasteiger partial charge in [0.05, 0.1) is 12.2 Å². The topological polar surface area (TPSA) is 54.0 Å². The van der Waals surface area contributed by atoms with Gasteiger partial charge in [0, 0.05) is 24.5 Å². The van der Waals surface area contributed by atoms with E-state index in [-0.39, 0.29) is 29.6 Å². The van der Waals surface area contributed by atoms with Gasteiger partial charge >= 0.3 is 12.1 Å². The van der Waals surface area contributed by atoms with E-state index < -0.39 is 36.1 Å². The first kappa shape index (κ1) is 18.7. The number of halogens is 3. The van der Waals surface area contributed by atoms with Gasteiger partial charge in [-0.2, -0.15) is 13.2 Å². The van der Waals surface area contributed by atoms with Crippen molar-refractivity contribution < 1.29 is 36.9 Å². The molecule has 0 radical (unpaired) electrons. The molecule has 0 amide bonds. The molecule has 1 aromatic carbocycles. The van der Waals surface area contributed by atoms with Gasteiger partial charge in [-0.05, 0) is 0 Å². The molecule has 4 bridgehead atoms. The molecule has 4 aliphatic rings. The summed E-state index contributed by atoms with van der Waals surface area (Å²) in [5, 5.41) is 0. The van der Waals surface area contributed by atoms with Crippen molar-refractivity contribution in [3.63, 3.8) is 0 Å². The van der Waals surface area contributed by atoms with E-state index in [2.05, 4.69) is 0 Å². The van der Waals surface area contributed by atoms with E-state index in [1.165, 1.54) is 24.3 Å². The predicted molar refractivity (Wildman–Crippen MR) is 86.7 cm³/mol. The highest BCUT2D eigenvalue weighted by atomic mass is 19.4. The lowest BCUT2D eigenvalue weighted by Gasteiger charge is -2.40. The second-order valence-electron chi connectivity index (χ2n) is 7.47. The third kappa shape index (κ3) is 2.46. The fourth-order valence-electron chi connectivity index (χ4n) is 4.72. The van der Waals surface area contributed by atoms with Crippen LogP contribution in [-0.2, 0) is 29.3 Å². The molecular weight excluding hydrogens is 365 g/mol. The molecule has 8 atom stereocenters. The Hall–Kier alpha value is -1.64. The molecule has 1 aromatic rings. The number of esters is 1. The number of methoxy groups -OCH3 is 1. The fraction of sp³-hybridized carbons (Fsp3) is 0.632. The highest BCUT2D eigenvalue weighted by Gasteiger charge is 2.68. The third-order valence-electron chi connectivity index (χ3n) is 6.09. The zero-order valence-electron chi connectivity index (χ0n) is 15.1. The molecule has 8 heteroatoms. The summed E-state index contributed by atoms with van der Waals surface area (Å²) in [7, 11) is 0.853. The predicted octanol–water partition coefficient (Wildman–Crippen LogP) is 2.82. The van der Waals surface area contributed by atoms with E-state index in [0.717, 1.165) is 7.11 Å². The van der Waals surface area contributed by atoms with Gasteiger partial charge in [0.25, 0.3) is 5.60 Å². The highest BCUT2D eigenvalue weighted by Crippen LogP contribution is 2.52. The molecule has 5 nitrogen and oxygen atoms in total. The molecule has 0 N–H and O–H groups in total. The van der Waals surface area contributed by atoms with Gasteiger partial charge in [0.1, 0.15) is 12.2 Å². The van der Waals surface area contributed by atoms with Crippen molar-refractivity contribution in [3.05, 3.63) is 35.9 Å². The smallest absolute Gasteiger partial charge is 0.432 e. The number of ether oxygens (including phenoxy) is 4. The molecule has 27 heavy (non-hydrogen) atoms. The van der Waals surface area contributed by atoms with Crippen LogP contribution in [0.25, 0.3) is 0 Å². The number of carbonyl (C=O) groups excluding carboxylic acids is 1. The lowest BCUT2D eigenvalue weighted by molar-refractivity contribution is -0.282. The number of rotatable bonds is 4. The molecule has 0 spiro atoms. The third-order valence-corrected chi connectivity index (χ3v) is 6.09. The Morgan fingerprint density at radius 1 is 0.963 bits per heavy atom. The Morgan fingerprint density at radius 2 is 1.56 bits per heavy atom. The van der Waals surface area contributed by atoms with Gasteiger partial charge in [-0.25, -0.2) is 4.79 Å². The van der Waals surface area contributed by atoms with E-state index in [1.54, 1.807) is 6.07 Å². The van der Waals surface area contributed by atoms with Crippen molar-refractivity contribution in [2.24, 2.45) is 11.8 Å². The summed E-state index contributed by atoms with van der Waals surface area (Å²) < 4.78 is 64.0. The number of benzene rings is 1. The van der Waals surface area contributed by atoms with E-state index in [0.29, 0.717) is 0 Å². The average Bonchev–Trinajstić information content (AvgIpc) is 3.04. The van der Waals surface area contributed by atoms with Crippen LogP contribution in [0.5, 0.6) is 0 Å². The summed E-state index contributed by atoms with van der Waals surface area (Å²) in [5.41, 5.74) is -3.54. The minimum absolute atomic E-state index is 0.0300. The Kier molecular flexibility index (Phi) is 4.29. The molecule has 4 heterocycles. The second-order valence-corrected chi connectivity index (χ2v) is 7.47. The molecule has 5 rings (SSSR count). The normalized spacial score (nSPS) is 39.4. The van der Waals surface area contributed by atoms with Crippen LogP contribution in [0.2, 0.25) is 0 Å². The molecule has 4 saturated heterocycles. The molecule has 4 aliphatic heterocycles. The van der Waals surface area contributed by atoms with Crippen LogP contribution in [0, 0.1) is 11.8 Å². The monoisotopic (exact) mass is 386 g/mol. The van der Waals surface area contributed by atoms with Crippen molar-refractivity contribution in [2.45, 2.75) is 56.1 Å². The van der Waals surface area contributed by atoms with Crippen LogP contribution in [0.4, 0.5) is 13.2 Å². The quantitative estimate of drug-likeness (QED) is 0.745. The molecule has 0 aromatic heterocycles. The van der Waals surface area contributed by atoms with Gasteiger partial charge in [-0.15, -0.1) is 0 Å². The first-order valence-corrected chi connectivity index (χ1v) is 8.91. The van der Waals surface area contributed by atoms with Crippen LogP contribution in [-0.4, -0.2) is 49.8 Å². The van der Waals surface area contributed by atoms with Gasteiger partial charge in [0.2, 0.25) is 0 Å². The number of hydrogen-bond acceptors (Lipinski definition) is 5.